The van der Waals surface area contributed by atoms with E-state index in [1.165, 1.54) is 0 Å². The normalized spacial score (nSPS) is 17.7. The molecular formula is C14H9BrO2. The lowest BCUT2D eigenvalue weighted by atomic mass is 9.99. The van der Waals surface area contributed by atoms with E-state index in [2.05, 4.69) is 15.9 Å². The third-order valence-corrected chi connectivity index (χ3v) is 3.39. The minimum atomic E-state index is -0.271. The lowest BCUT2D eigenvalue weighted by Crippen LogP contribution is -2.00. The van der Waals surface area contributed by atoms with E-state index in [0.29, 0.717) is 5.56 Å². The number of benzene rings is 2. The first-order valence-corrected chi connectivity index (χ1v) is 6.10. The van der Waals surface area contributed by atoms with E-state index >= 15 is 0 Å². The summed E-state index contributed by atoms with van der Waals surface area (Å²) in [6.45, 7) is 0. The van der Waals surface area contributed by atoms with Gasteiger partial charge in [0.25, 0.3) is 0 Å². The van der Waals surface area contributed by atoms with E-state index in [0.717, 1.165) is 15.6 Å². The van der Waals surface area contributed by atoms with E-state index < -0.39 is 0 Å². The van der Waals surface area contributed by atoms with Crippen LogP contribution in [0.1, 0.15) is 27.6 Å². The van der Waals surface area contributed by atoms with Gasteiger partial charge in [-0.25, -0.2) is 4.79 Å². The van der Waals surface area contributed by atoms with Crippen LogP contribution >= 0.6 is 15.9 Å². The van der Waals surface area contributed by atoms with Gasteiger partial charge in [-0.15, -0.1) is 0 Å². The summed E-state index contributed by atoms with van der Waals surface area (Å²) in [5.74, 6) is -0.242. The van der Waals surface area contributed by atoms with Gasteiger partial charge in [0, 0.05) is 10.0 Å². The first kappa shape index (κ1) is 10.5. The molecule has 1 aliphatic rings. The molecule has 0 spiro atoms. The number of rotatable bonds is 1. The van der Waals surface area contributed by atoms with Crippen LogP contribution in [0.15, 0.2) is 53.0 Å². The largest absolute Gasteiger partial charge is 0.449 e. The van der Waals surface area contributed by atoms with Crippen molar-refractivity contribution < 1.29 is 9.53 Å². The average molecular weight is 289 g/mol. The summed E-state index contributed by atoms with van der Waals surface area (Å²) in [5.41, 5.74) is 2.60. The molecule has 0 saturated heterocycles. The van der Waals surface area contributed by atoms with E-state index in [4.69, 9.17) is 4.74 Å². The predicted molar refractivity (Wildman–Crippen MR) is 67.8 cm³/mol. The molecule has 0 N–H and O–H groups in total. The summed E-state index contributed by atoms with van der Waals surface area (Å²) >= 11 is 3.39. The van der Waals surface area contributed by atoms with Gasteiger partial charge in [0.1, 0.15) is 0 Å². The van der Waals surface area contributed by atoms with Gasteiger partial charge in [0.2, 0.25) is 0 Å². The highest BCUT2D eigenvalue weighted by Gasteiger charge is 2.31. The molecule has 1 aliphatic heterocycles. The highest BCUT2D eigenvalue weighted by molar-refractivity contribution is 9.10. The monoisotopic (exact) mass is 288 g/mol. The van der Waals surface area contributed by atoms with Crippen molar-refractivity contribution in [3.8, 4) is 0 Å². The highest BCUT2D eigenvalue weighted by Crippen LogP contribution is 2.35. The van der Waals surface area contributed by atoms with Crippen LogP contribution in [-0.2, 0) is 4.74 Å². The molecule has 17 heavy (non-hydrogen) atoms. The Morgan fingerprint density at radius 1 is 1.00 bits per heavy atom. The van der Waals surface area contributed by atoms with E-state index in [1.54, 1.807) is 6.07 Å². The molecule has 3 rings (SSSR count). The minimum Gasteiger partial charge on any atom is -0.449 e. The summed E-state index contributed by atoms with van der Waals surface area (Å²) in [6.07, 6.45) is -0.271. The molecule has 0 bridgehead atoms. The van der Waals surface area contributed by atoms with Gasteiger partial charge in [0.05, 0.1) is 5.56 Å². The van der Waals surface area contributed by atoms with Crippen LogP contribution in [0.25, 0.3) is 0 Å². The van der Waals surface area contributed by atoms with Crippen LogP contribution in [0, 0.1) is 0 Å². The summed E-state index contributed by atoms with van der Waals surface area (Å²) < 4.78 is 6.42. The van der Waals surface area contributed by atoms with Crippen molar-refractivity contribution in [3.05, 3.63) is 69.7 Å². The third-order valence-electron chi connectivity index (χ3n) is 2.86. The molecule has 0 radical (unpaired) electrons. The maximum atomic E-state index is 11.7. The fourth-order valence-corrected chi connectivity index (χ4v) is 2.30. The van der Waals surface area contributed by atoms with Crippen LogP contribution in [0.4, 0.5) is 0 Å². The molecule has 2 aromatic rings. The predicted octanol–water partition coefficient (Wildman–Crippen LogP) is 3.71. The average Bonchev–Trinajstić information content (AvgIpc) is 2.69. The van der Waals surface area contributed by atoms with Gasteiger partial charge in [-0.3, -0.25) is 0 Å². The third kappa shape index (κ3) is 1.76. The Balaban J connectivity index is 2.07. The van der Waals surface area contributed by atoms with Gasteiger partial charge in [0.15, 0.2) is 6.10 Å². The van der Waals surface area contributed by atoms with Crippen molar-refractivity contribution in [1.29, 1.82) is 0 Å². The van der Waals surface area contributed by atoms with Crippen LogP contribution in [-0.4, -0.2) is 5.97 Å². The fraction of sp³-hybridized carbons (Fsp3) is 0.0714. The van der Waals surface area contributed by atoms with Gasteiger partial charge < -0.3 is 4.74 Å². The number of carbonyl (C=O) groups is 1. The lowest BCUT2D eigenvalue weighted by molar-refractivity contribution is 0.0456. The molecular weight excluding hydrogens is 280 g/mol. The van der Waals surface area contributed by atoms with E-state index in [9.17, 15) is 4.79 Å². The Labute approximate surface area is 107 Å². The van der Waals surface area contributed by atoms with Gasteiger partial charge in [-0.05, 0) is 23.8 Å². The maximum Gasteiger partial charge on any atom is 0.339 e. The Morgan fingerprint density at radius 3 is 2.47 bits per heavy atom. The number of esters is 1. The Bertz CT molecular complexity index is 575. The lowest BCUT2D eigenvalue weighted by Gasteiger charge is -2.10. The summed E-state index contributed by atoms with van der Waals surface area (Å²) in [4.78, 5) is 11.7. The first-order chi connectivity index (χ1) is 8.25. The smallest absolute Gasteiger partial charge is 0.339 e. The van der Waals surface area contributed by atoms with Crippen LogP contribution in [0.2, 0.25) is 0 Å². The van der Waals surface area contributed by atoms with Crippen molar-refractivity contribution >= 4 is 21.9 Å². The molecule has 0 amide bonds. The van der Waals surface area contributed by atoms with Crippen LogP contribution < -0.4 is 0 Å². The number of carbonyl (C=O) groups excluding carboxylic acids is 1. The summed E-state index contributed by atoms with van der Waals surface area (Å²) in [6, 6.07) is 15.3. The van der Waals surface area contributed by atoms with Gasteiger partial charge in [-0.2, -0.15) is 0 Å². The van der Waals surface area contributed by atoms with Crippen molar-refractivity contribution in [3.63, 3.8) is 0 Å². The quantitative estimate of drug-likeness (QED) is 0.748. The number of hydrogen-bond donors (Lipinski definition) is 0. The topological polar surface area (TPSA) is 26.3 Å². The molecule has 0 fully saturated rings. The molecule has 0 aliphatic carbocycles. The molecule has 84 valence electrons. The highest BCUT2D eigenvalue weighted by atomic mass is 79.9. The molecule has 1 unspecified atom stereocenters. The second kappa shape index (κ2) is 4.00. The SMILES string of the molecule is O=C1OC(c2ccc(Br)cc2)c2ccccc21. The Hall–Kier alpha value is -1.61. The first-order valence-electron chi connectivity index (χ1n) is 5.31. The standard InChI is InChI=1S/C14H9BrO2/c15-10-7-5-9(6-8-10)13-11-3-1-2-4-12(11)14(16)17-13/h1-8,13H. The molecule has 2 nitrogen and oxygen atoms in total. The van der Waals surface area contributed by atoms with Gasteiger partial charge >= 0.3 is 5.97 Å². The number of cyclic esters (lactones) is 1. The summed E-state index contributed by atoms with van der Waals surface area (Å²) in [5, 5.41) is 0. The van der Waals surface area contributed by atoms with Crippen LogP contribution in [0.3, 0.4) is 0 Å². The van der Waals surface area contributed by atoms with Crippen molar-refractivity contribution in [2.24, 2.45) is 0 Å². The van der Waals surface area contributed by atoms with Crippen molar-refractivity contribution in [2.75, 3.05) is 0 Å². The summed E-state index contributed by atoms with van der Waals surface area (Å²) in [7, 11) is 0. The molecule has 1 heterocycles. The van der Waals surface area contributed by atoms with Crippen molar-refractivity contribution in [2.45, 2.75) is 6.10 Å². The van der Waals surface area contributed by atoms with Gasteiger partial charge in [-0.1, -0.05) is 46.3 Å². The zero-order valence-corrected chi connectivity index (χ0v) is 10.5. The Kier molecular flexibility index (Phi) is 2.48. The number of ether oxygens (including phenoxy) is 1. The second-order valence-corrected chi connectivity index (χ2v) is 4.84. The zero-order valence-electron chi connectivity index (χ0n) is 8.89. The zero-order chi connectivity index (χ0) is 11.8. The van der Waals surface area contributed by atoms with E-state index in [1.807, 2.05) is 42.5 Å². The number of fused-ring (bicyclic) bond motifs is 1. The maximum absolute atomic E-state index is 11.7. The Morgan fingerprint density at radius 2 is 1.71 bits per heavy atom. The van der Waals surface area contributed by atoms with E-state index in [-0.39, 0.29) is 12.1 Å². The van der Waals surface area contributed by atoms with Crippen molar-refractivity contribution in [1.82, 2.24) is 0 Å². The number of halogens is 1. The molecule has 2 aromatic carbocycles. The molecule has 0 aromatic heterocycles. The minimum absolute atomic E-state index is 0.242. The molecule has 1 atom stereocenters. The molecule has 0 saturated carbocycles. The second-order valence-electron chi connectivity index (χ2n) is 3.92. The fourth-order valence-electron chi connectivity index (χ4n) is 2.03. The molecule has 3 heteroatoms. The number of hydrogen-bond acceptors (Lipinski definition) is 2. The van der Waals surface area contributed by atoms with Crippen LogP contribution in [0.5, 0.6) is 0 Å².